The number of cyclic esters (lactones) is 1. The standard InChI is InChI=1S/C17H16N2O4/c1-17(9-11-5-3-4-6-13(11)15(20)23-17)16(21)19-12-7-8-14(22-2)18-10-12/h3-8,10H,9H2,1-2H3,(H,19,21). The van der Waals surface area contributed by atoms with Crippen LogP contribution in [0.1, 0.15) is 22.8 Å². The summed E-state index contributed by atoms with van der Waals surface area (Å²) in [4.78, 5) is 28.7. The minimum atomic E-state index is -1.26. The molecule has 3 rings (SSSR count). The highest BCUT2D eigenvalue weighted by molar-refractivity contribution is 6.02. The number of carbonyl (C=O) groups is 2. The van der Waals surface area contributed by atoms with Gasteiger partial charge >= 0.3 is 5.97 Å². The van der Waals surface area contributed by atoms with Crippen molar-refractivity contribution >= 4 is 17.6 Å². The van der Waals surface area contributed by atoms with Gasteiger partial charge in [-0.05, 0) is 24.6 Å². The van der Waals surface area contributed by atoms with E-state index in [4.69, 9.17) is 9.47 Å². The first-order valence-corrected chi connectivity index (χ1v) is 7.14. The van der Waals surface area contributed by atoms with E-state index in [1.165, 1.54) is 13.3 Å². The van der Waals surface area contributed by atoms with Crippen LogP contribution in [0.2, 0.25) is 0 Å². The Balaban J connectivity index is 1.80. The van der Waals surface area contributed by atoms with Crippen molar-refractivity contribution in [2.24, 2.45) is 0 Å². The van der Waals surface area contributed by atoms with Gasteiger partial charge in [0.1, 0.15) is 0 Å². The summed E-state index contributed by atoms with van der Waals surface area (Å²) in [5.74, 6) is -0.433. The molecule has 0 fully saturated rings. The number of hydrogen-bond donors (Lipinski definition) is 1. The number of methoxy groups -OCH3 is 1. The highest BCUT2D eigenvalue weighted by atomic mass is 16.6. The molecular weight excluding hydrogens is 296 g/mol. The Morgan fingerprint density at radius 1 is 1.30 bits per heavy atom. The van der Waals surface area contributed by atoms with Gasteiger partial charge in [0.15, 0.2) is 5.60 Å². The van der Waals surface area contributed by atoms with Crippen LogP contribution in [0, 0.1) is 0 Å². The van der Waals surface area contributed by atoms with Crippen LogP contribution in [0.3, 0.4) is 0 Å². The number of ether oxygens (including phenoxy) is 2. The van der Waals surface area contributed by atoms with Crippen LogP contribution < -0.4 is 10.1 Å². The molecule has 0 saturated carbocycles. The SMILES string of the molecule is COc1ccc(NC(=O)C2(C)Cc3ccccc3C(=O)O2)cn1. The van der Waals surface area contributed by atoms with Gasteiger partial charge in [-0.2, -0.15) is 0 Å². The van der Waals surface area contributed by atoms with E-state index in [1.807, 2.05) is 12.1 Å². The molecule has 0 bridgehead atoms. The van der Waals surface area contributed by atoms with Gasteiger partial charge in [0, 0.05) is 12.5 Å². The van der Waals surface area contributed by atoms with Gasteiger partial charge in [0.05, 0.1) is 24.6 Å². The summed E-state index contributed by atoms with van der Waals surface area (Å²) in [5.41, 5.74) is 0.552. The number of benzene rings is 1. The molecule has 1 amide bonds. The van der Waals surface area contributed by atoms with Crippen molar-refractivity contribution in [1.82, 2.24) is 4.98 Å². The van der Waals surface area contributed by atoms with Gasteiger partial charge in [-0.1, -0.05) is 18.2 Å². The van der Waals surface area contributed by atoms with E-state index < -0.39 is 17.5 Å². The third-order valence-electron chi connectivity index (χ3n) is 3.77. The summed E-state index contributed by atoms with van der Waals surface area (Å²) in [6, 6.07) is 10.4. The largest absolute Gasteiger partial charge is 0.481 e. The highest BCUT2D eigenvalue weighted by Crippen LogP contribution is 2.29. The molecule has 1 unspecified atom stereocenters. The van der Waals surface area contributed by atoms with Crippen molar-refractivity contribution in [1.29, 1.82) is 0 Å². The van der Waals surface area contributed by atoms with Crippen LogP contribution in [0.4, 0.5) is 5.69 Å². The van der Waals surface area contributed by atoms with E-state index in [2.05, 4.69) is 10.3 Å². The number of amides is 1. The smallest absolute Gasteiger partial charge is 0.339 e. The third-order valence-corrected chi connectivity index (χ3v) is 3.77. The van der Waals surface area contributed by atoms with Crippen molar-refractivity contribution in [2.45, 2.75) is 18.9 Å². The predicted molar refractivity (Wildman–Crippen MR) is 83.4 cm³/mol. The molecule has 1 aromatic carbocycles. The fourth-order valence-corrected chi connectivity index (χ4v) is 2.50. The molecule has 1 aromatic heterocycles. The Morgan fingerprint density at radius 2 is 2.09 bits per heavy atom. The lowest BCUT2D eigenvalue weighted by molar-refractivity contribution is -0.134. The van der Waals surface area contributed by atoms with Gasteiger partial charge < -0.3 is 14.8 Å². The Morgan fingerprint density at radius 3 is 2.78 bits per heavy atom. The van der Waals surface area contributed by atoms with Gasteiger partial charge in [-0.15, -0.1) is 0 Å². The molecule has 1 aliphatic rings. The first-order valence-electron chi connectivity index (χ1n) is 7.14. The van der Waals surface area contributed by atoms with Crippen LogP contribution in [-0.2, 0) is 16.0 Å². The molecule has 0 saturated heterocycles. The highest BCUT2D eigenvalue weighted by Gasteiger charge is 2.42. The van der Waals surface area contributed by atoms with Gasteiger partial charge in [-0.25, -0.2) is 9.78 Å². The molecule has 1 aliphatic heterocycles. The normalized spacial score (nSPS) is 19.5. The summed E-state index contributed by atoms with van der Waals surface area (Å²) in [6.45, 7) is 1.60. The van der Waals surface area contributed by atoms with Crippen LogP contribution in [0.5, 0.6) is 5.88 Å². The molecule has 2 aromatic rings. The van der Waals surface area contributed by atoms with Crippen LogP contribution in [-0.4, -0.2) is 29.6 Å². The Hall–Kier alpha value is -2.89. The zero-order valence-corrected chi connectivity index (χ0v) is 12.8. The predicted octanol–water partition coefficient (Wildman–Crippen LogP) is 2.20. The number of nitrogens with zero attached hydrogens (tertiary/aromatic N) is 1. The molecular formula is C17H16N2O4. The number of hydrogen-bond acceptors (Lipinski definition) is 5. The monoisotopic (exact) mass is 312 g/mol. The number of anilines is 1. The second-order valence-corrected chi connectivity index (χ2v) is 5.50. The van der Waals surface area contributed by atoms with E-state index in [0.717, 1.165) is 5.56 Å². The molecule has 23 heavy (non-hydrogen) atoms. The number of aromatic nitrogens is 1. The quantitative estimate of drug-likeness (QED) is 0.879. The zero-order chi connectivity index (χ0) is 16.4. The maximum atomic E-state index is 12.6. The van der Waals surface area contributed by atoms with Gasteiger partial charge in [-0.3, -0.25) is 4.79 Å². The molecule has 6 heteroatoms. The number of fused-ring (bicyclic) bond motifs is 1. The first-order chi connectivity index (χ1) is 11.0. The van der Waals surface area contributed by atoms with Crippen LogP contribution in [0.25, 0.3) is 0 Å². The molecule has 1 N–H and O–H groups in total. The molecule has 118 valence electrons. The molecule has 1 atom stereocenters. The summed E-state index contributed by atoms with van der Waals surface area (Å²) in [6.07, 6.45) is 1.81. The van der Waals surface area contributed by atoms with Crippen molar-refractivity contribution < 1.29 is 19.1 Å². The van der Waals surface area contributed by atoms with E-state index >= 15 is 0 Å². The van der Waals surface area contributed by atoms with Gasteiger partial charge in [0.25, 0.3) is 5.91 Å². The minimum absolute atomic E-state index is 0.324. The summed E-state index contributed by atoms with van der Waals surface area (Å²) in [7, 11) is 1.51. The maximum absolute atomic E-state index is 12.6. The second kappa shape index (κ2) is 5.72. The first kappa shape index (κ1) is 15.0. The van der Waals surface area contributed by atoms with E-state index in [-0.39, 0.29) is 0 Å². The number of carbonyl (C=O) groups excluding carboxylic acids is 2. The van der Waals surface area contributed by atoms with E-state index in [9.17, 15) is 9.59 Å². The fourth-order valence-electron chi connectivity index (χ4n) is 2.50. The fraction of sp³-hybridized carbons (Fsp3) is 0.235. The number of rotatable bonds is 3. The Kier molecular flexibility index (Phi) is 3.73. The lowest BCUT2D eigenvalue weighted by Gasteiger charge is -2.32. The van der Waals surface area contributed by atoms with Crippen molar-refractivity contribution in [3.8, 4) is 5.88 Å². The average molecular weight is 312 g/mol. The summed E-state index contributed by atoms with van der Waals surface area (Å²) >= 11 is 0. The zero-order valence-electron chi connectivity index (χ0n) is 12.8. The Bertz CT molecular complexity index is 757. The third kappa shape index (κ3) is 2.88. The molecule has 0 radical (unpaired) electrons. The lowest BCUT2D eigenvalue weighted by Crippen LogP contribution is -2.48. The van der Waals surface area contributed by atoms with Crippen molar-refractivity contribution in [2.75, 3.05) is 12.4 Å². The minimum Gasteiger partial charge on any atom is -0.481 e. The summed E-state index contributed by atoms with van der Waals surface area (Å²) in [5, 5.41) is 2.72. The van der Waals surface area contributed by atoms with Crippen molar-refractivity contribution in [3.63, 3.8) is 0 Å². The number of nitrogens with one attached hydrogen (secondary N) is 1. The Labute approximate surface area is 133 Å². The van der Waals surface area contributed by atoms with Gasteiger partial charge in [0.2, 0.25) is 5.88 Å². The van der Waals surface area contributed by atoms with Crippen LogP contribution in [0.15, 0.2) is 42.6 Å². The molecule has 2 heterocycles. The second-order valence-electron chi connectivity index (χ2n) is 5.50. The van der Waals surface area contributed by atoms with Crippen molar-refractivity contribution in [3.05, 3.63) is 53.7 Å². The topological polar surface area (TPSA) is 77.5 Å². The molecule has 0 spiro atoms. The number of pyridine rings is 1. The number of esters is 1. The maximum Gasteiger partial charge on any atom is 0.339 e. The molecule has 6 nitrogen and oxygen atoms in total. The lowest BCUT2D eigenvalue weighted by atomic mass is 9.89. The van der Waals surface area contributed by atoms with E-state index in [0.29, 0.717) is 23.6 Å². The summed E-state index contributed by atoms with van der Waals surface area (Å²) < 4.78 is 10.4. The van der Waals surface area contributed by atoms with E-state index in [1.54, 1.807) is 31.2 Å². The molecule has 0 aliphatic carbocycles. The average Bonchev–Trinajstić information content (AvgIpc) is 2.55. The van der Waals surface area contributed by atoms with Crippen LogP contribution >= 0.6 is 0 Å².